The molecule has 0 aliphatic heterocycles. The first-order chi connectivity index (χ1) is 9.09. The molecule has 20 heavy (non-hydrogen) atoms. The lowest BCUT2D eigenvalue weighted by Gasteiger charge is -2.10. The largest absolute Gasteiger partial charge is 0.451 e. The minimum atomic E-state index is -4.75. The van der Waals surface area contributed by atoms with Crippen LogP contribution in [0.15, 0.2) is 24.3 Å². The normalized spacial score (nSPS) is 12.8. The van der Waals surface area contributed by atoms with Gasteiger partial charge >= 0.3 is 12.4 Å². The Bertz CT molecular complexity index is 609. The zero-order valence-electron chi connectivity index (χ0n) is 9.92. The molecule has 0 atom stereocenters. The molecule has 0 fully saturated rings. The third-order valence-electron chi connectivity index (χ3n) is 2.41. The molecular formula is C11H7F6N3. The third kappa shape index (κ3) is 2.75. The smallest absolute Gasteiger partial charge is 0.209 e. The van der Waals surface area contributed by atoms with E-state index in [1.165, 1.54) is 6.92 Å². The van der Waals surface area contributed by atoms with E-state index in [9.17, 15) is 26.3 Å². The van der Waals surface area contributed by atoms with Crippen LogP contribution in [0, 0.1) is 6.92 Å². The van der Waals surface area contributed by atoms with Crippen LogP contribution in [0.3, 0.4) is 0 Å². The first kappa shape index (κ1) is 14.4. The van der Waals surface area contributed by atoms with Gasteiger partial charge in [-0.15, -0.1) is 0 Å². The van der Waals surface area contributed by atoms with Gasteiger partial charge in [0.15, 0.2) is 0 Å². The number of aryl methyl sites for hydroxylation is 1. The first-order valence-corrected chi connectivity index (χ1v) is 5.27. The first-order valence-electron chi connectivity index (χ1n) is 5.27. The highest BCUT2D eigenvalue weighted by Gasteiger charge is 2.38. The van der Waals surface area contributed by atoms with Crippen LogP contribution < -0.4 is 0 Å². The van der Waals surface area contributed by atoms with Gasteiger partial charge in [-0.1, -0.05) is 0 Å². The average molecular weight is 295 g/mol. The molecule has 2 aromatic rings. The summed E-state index contributed by atoms with van der Waals surface area (Å²) < 4.78 is 75.7. The quantitative estimate of drug-likeness (QED) is 0.752. The van der Waals surface area contributed by atoms with Crippen molar-refractivity contribution in [1.82, 2.24) is 14.8 Å². The lowest BCUT2D eigenvalue weighted by molar-refractivity contribution is -0.146. The van der Waals surface area contributed by atoms with Crippen molar-refractivity contribution >= 4 is 0 Å². The van der Waals surface area contributed by atoms with E-state index in [-0.39, 0.29) is 11.5 Å². The average Bonchev–Trinajstić information content (AvgIpc) is 2.70. The summed E-state index contributed by atoms with van der Waals surface area (Å²) >= 11 is 0. The van der Waals surface area contributed by atoms with Crippen LogP contribution in [-0.2, 0) is 12.4 Å². The fraction of sp³-hybridized carbons (Fsp3) is 0.273. The van der Waals surface area contributed by atoms with Crippen LogP contribution >= 0.6 is 0 Å². The Kier molecular flexibility index (Phi) is 3.23. The fourth-order valence-corrected chi connectivity index (χ4v) is 1.57. The summed E-state index contributed by atoms with van der Waals surface area (Å²) in [5, 5.41) is 3.54. The Morgan fingerprint density at radius 2 is 1.45 bits per heavy atom. The Morgan fingerprint density at radius 1 is 0.900 bits per heavy atom. The van der Waals surface area contributed by atoms with Crippen molar-refractivity contribution in [3.63, 3.8) is 0 Å². The molecule has 3 nitrogen and oxygen atoms in total. The second kappa shape index (κ2) is 4.50. The number of alkyl halides is 6. The summed E-state index contributed by atoms with van der Waals surface area (Å²) in [6, 6.07) is 3.19. The van der Waals surface area contributed by atoms with Crippen molar-refractivity contribution in [2.45, 2.75) is 19.3 Å². The number of aromatic nitrogens is 3. The van der Waals surface area contributed by atoms with Gasteiger partial charge in [-0.05, 0) is 31.2 Å². The fourth-order valence-electron chi connectivity index (χ4n) is 1.57. The Balaban J connectivity index is 2.48. The zero-order chi connectivity index (χ0) is 15.1. The summed E-state index contributed by atoms with van der Waals surface area (Å²) in [4.78, 5) is 3.23. The summed E-state index contributed by atoms with van der Waals surface area (Å²) in [6.45, 7) is 1.26. The minimum absolute atomic E-state index is 0.128. The van der Waals surface area contributed by atoms with Gasteiger partial charge in [-0.3, -0.25) is 0 Å². The maximum Gasteiger partial charge on any atom is 0.451 e. The van der Waals surface area contributed by atoms with E-state index in [1.54, 1.807) is 0 Å². The van der Waals surface area contributed by atoms with Crippen molar-refractivity contribution < 1.29 is 26.3 Å². The Labute approximate surface area is 108 Å². The van der Waals surface area contributed by atoms with Crippen LogP contribution in [0.1, 0.15) is 17.2 Å². The van der Waals surface area contributed by atoms with Crippen LogP contribution in [0.2, 0.25) is 0 Å². The molecule has 0 N–H and O–H groups in total. The molecule has 1 aromatic carbocycles. The van der Waals surface area contributed by atoms with Crippen LogP contribution in [0.25, 0.3) is 5.69 Å². The topological polar surface area (TPSA) is 30.7 Å². The molecule has 0 bridgehead atoms. The van der Waals surface area contributed by atoms with Crippen molar-refractivity contribution in [3.05, 3.63) is 41.5 Å². The summed E-state index contributed by atoms with van der Waals surface area (Å²) in [5.41, 5.74) is -1.10. The van der Waals surface area contributed by atoms with Crippen molar-refractivity contribution in [3.8, 4) is 5.69 Å². The molecule has 2 rings (SSSR count). The van der Waals surface area contributed by atoms with Gasteiger partial charge in [0, 0.05) is 0 Å². The molecule has 0 spiro atoms. The molecule has 1 aromatic heterocycles. The summed E-state index contributed by atoms with van der Waals surface area (Å²) in [5.74, 6) is -1.41. The van der Waals surface area contributed by atoms with Crippen LogP contribution in [0.5, 0.6) is 0 Å². The molecule has 0 radical (unpaired) electrons. The predicted molar refractivity (Wildman–Crippen MR) is 56.1 cm³/mol. The number of hydrogen-bond acceptors (Lipinski definition) is 2. The molecule has 0 unspecified atom stereocenters. The van der Waals surface area contributed by atoms with Gasteiger partial charge in [0.2, 0.25) is 5.82 Å². The van der Waals surface area contributed by atoms with E-state index in [4.69, 9.17) is 0 Å². The van der Waals surface area contributed by atoms with Crippen LogP contribution in [-0.4, -0.2) is 14.8 Å². The highest BCUT2D eigenvalue weighted by molar-refractivity contribution is 5.36. The van der Waals surface area contributed by atoms with Crippen molar-refractivity contribution in [2.75, 3.05) is 0 Å². The molecule has 108 valence electrons. The summed E-state index contributed by atoms with van der Waals surface area (Å²) in [7, 11) is 0. The molecular weight excluding hydrogens is 288 g/mol. The Hall–Kier alpha value is -2.06. The van der Waals surface area contributed by atoms with E-state index in [0.29, 0.717) is 16.8 Å². The van der Waals surface area contributed by atoms with Gasteiger partial charge in [-0.25, -0.2) is 9.67 Å². The maximum absolute atomic E-state index is 12.7. The molecule has 9 heteroatoms. The van der Waals surface area contributed by atoms with Crippen molar-refractivity contribution in [2.24, 2.45) is 0 Å². The van der Waals surface area contributed by atoms with Gasteiger partial charge in [-0.2, -0.15) is 31.4 Å². The Morgan fingerprint density at radius 3 is 1.90 bits per heavy atom. The standard InChI is InChI=1S/C11H7F6N3/c1-6-18-9(11(15,16)17)20(19-6)8-4-2-7(3-5-8)10(12,13)14/h2-5H,1H3. The third-order valence-corrected chi connectivity index (χ3v) is 2.41. The van der Waals surface area contributed by atoms with Crippen LogP contribution in [0.4, 0.5) is 26.3 Å². The summed E-state index contributed by atoms with van der Waals surface area (Å²) in [6.07, 6.45) is -9.30. The predicted octanol–water partition coefficient (Wildman–Crippen LogP) is 3.61. The molecule has 0 aliphatic carbocycles. The number of rotatable bonds is 1. The molecule has 0 aliphatic rings. The minimum Gasteiger partial charge on any atom is -0.209 e. The monoisotopic (exact) mass is 295 g/mol. The van der Waals surface area contributed by atoms with E-state index in [1.807, 2.05) is 0 Å². The van der Waals surface area contributed by atoms with E-state index in [2.05, 4.69) is 10.1 Å². The number of halogens is 6. The zero-order valence-corrected chi connectivity index (χ0v) is 9.92. The van der Waals surface area contributed by atoms with Crippen molar-refractivity contribution in [1.29, 1.82) is 0 Å². The highest BCUT2D eigenvalue weighted by Crippen LogP contribution is 2.32. The lowest BCUT2D eigenvalue weighted by atomic mass is 10.2. The highest BCUT2D eigenvalue weighted by atomic mass is 19.4. The number of hydrogen-bond donors (Lipinski definition) is 0. The van der Waals surface area contributed by atoms with Gasteiger partial charge in [0.1, 0.15) is 5.82 Å². The molecule has 1 heterocycles. The number of benzene rings is 1. The molecule has 0 amide bonds. The van der Waals surface area contributed by atoms with Gasteiger partial charge < -0.3 is 0 Å². The van der Waals surface area contributed by atoms with Gasteiger partial charge in [0.05, 0.1) is 11.3 Å². The van der Waals surface area contributed by atoms with Gasteiger partial charge in [0.25, 0.3) is 0 Å². The second-order valence-electron chi connectivity index (χ2n) is 3.94. The maximum atomic E-state index is 12.7. The number of nitrogens with zero attached hydrogens (tertiary/aromatic N) is 3. The lowest BCUT2D eigenvalue weighted by Crippen LogP contribution is -2.15. The van der Waals surface area contributed by atoms with E-state index < -0.39 is 23.7 Å². The van der Waals surface area contributed by atoms with E-state index in [0.717, 1.165) is 12.1 Å². The molecule has 0 saturated heterocycles. The second-order valence-corrected chi connectivity index (χ2v) is 3.94. The molecule has 0 saturated carbocycles. The van der Waals surface area contributed by atoms with E-state index >= 15 is 0 Å². The SMILES string of the molecule is Cc1nc(C(F)(F)F)n(-c2ccc(C(F)(F)F)cc2)n1.